The van der Waals surface area contributed by atoms with Crippen LogP contribution in [0.5, 0.6) is 0 Å². The summed E-state index contributed by atoms with van der Waals surface area (Å²) in [5, 5.41) is 6.44. The first kappa shape index (κ1) is 21.0. The smallest absolute Gasteiger partial charge is 0.254 e. The average Bonchev–Trinajstić information content (AvgIpc) is 2.68. The van der Waals surface area contributed by atoms with Gasteiger partial charge in [-0.25, -0.2) is 4.98 Å². The topological polar surface area (TPSA) is 139 Å². The number of primary amides is 1. The number of aryl methyl sites for hydroxylation is 1. The van der Waals surface area contributed by atoms with Gasteiger partial charge in [0.25, 0.3) is 5.91 Å². The minimum Gasteiger partial charge on any atom is -0.365 e. The fourth-order valence-electron chi connectivity index (χ4n) is 4.16. The third-order valence-corrected chi connectivity index (χ3v) is 6.07. The summed E-state index contributed by atoms with van der Waals surface area (Å²) in [6, 6.07) is 7.51. The van der Waals surface area contributed by atoms with Gasteiger partial charge in [-0.05, 0) is 50.3 Å². The van der Waals surface area contributed by atoms with Crippen LogP contribution in [0.25, 0.3) is 0 Å². The number of carbonyl (C=O) groups excluding carboxylic acids is 2. The van der Waals surface area contributed by atoms with E-state index in [4.69, 9.17) is 11.5 Å². The summed E-state index contributed by atoms with van der Waals surface area (Å²) in [6.45, 7) is 3.71. The first-order chi connectivity index (χ1) is 14.9. The van der Waals surface area contributed by atoms with Crippen LogP contribution in [0.3, 0.4) is 0 Å². The van der Waals surface area contributed by atoms with Gasteiger partial charge in [0.1, 0.15) is 11.4 Å². The quantitative estimate of drug-likeness (QED) is 0.555. The number of amides is 2. The van der Waals surface area contributed by atoms with Gasteiger partial charge in [-0.3, -0.25) is 9.59 Å². The van der Waals surface area contributed by atoms with E-state index in [2.05, 4.69) is 20.6 Å². The van der Waals surface area contributed by atoms with Crippen molar-refractivity contribution >= 4 is 29.3 Å². The molecule has 0 radical (unpaired) electrons. The maximum Gasteiger partial charge on any atom is 0.254 e. The normalized spacial score (nSPS) is 23.0. The van der Waals surface area contributed by atoms with E-state index in [1.54, 1.807) is 0 Å². The van der Waals surface area contributed by atoms with Gasteiger partial charge in [-0.15, -0.1) is 0 Å². The third kappa shape index (κ3) is 4.77. The van der Waals surface area contributed by atoms with E-state index in [0.717, 1.165) is 43.6 Å². The molecule has 4 rings (SSSR count). The highest BCUT2D eigenvalue weighted by Gasteiger charge is 2.35. The highest BCUT2D eigenvalue weighted by Crippen LogP contribution is 2.29. The lowest BCUT2D eigenvalue weighted by molar-refractivity contribution is -0.140. The first-order valence-corrected chi connectivity index (χ1v) is 10.7. The van der Waals surface area contributed by atoms with Crippen LogP contribution in [0.4, 0.5) is 17.5 Å². The zero-order valence-electron chi connectivity index (χ0n) is 17.7. The Hall–Kier alpha value is -3.20. The molecule has 6 N–H and O–H groups in total. The Morgan fingerprint density at radius 1 is 1.23 bits per heavy atom. The van der Waals surface area contributed by atoms with E-state index < -0.39 is 5.91 Å². The number of nitrogens with one attached hydrogen (secondary N) is 2. The molecule has 2 amide bonds. The Morgan fingerprint density at radius 2 is 2.03 bits per heavy atom. The first-order valence-electron chi connectivity index (χ1n) is 10.7. The number of likely N-dealkylation sites (tertiary alicyclic amines) is 1. The lowest BCUT2D eigenvalue weighted by atomic mass is 9.81. The predicted molar refractivity (Wildman–Crippen MR) is 119 cm³/mol. The fraction of sp³-hybridized carbons (Fsp3) is 0.455. The number of carbonyl (C=O) groups is 2. The fourth-order valence-corrected chi connectivity index (χ4v) is 4.16. The van der Waals surface area contributed by atoms with E-state index in [9.17, 15) is 9.59 Å². The van der Waals surface area contributed by atoms with Crippen molar-refractivity contribution in [3.63, 3.8) is 0 Å². The van der Waals surface area contributed by atoms with Crippen LogP contribution in [0.15, 0.2) is 30.5 Å². The van der Waals surface area contributed by atoms with E-state index >= 15 is 0 Å². The summed E-state index contributed by atoms with van der Waals surface area (Å²) in [4.78, 5) is 35.0. The van der Waals surface area contributed by atoms with Crippen LogP contribution >= 0.6 is 0 Å². The van der Waals surface area contributed by atoms with Crippen LogP contribution in [0.2, 0.25) is 0 Å². The number of nitrogens with two attached hydrogens (primary N) is 2. The van der Waals surface area contributed by atoms with E-state index in [0.29, 0.717) is 18.2 Å². The van der Waals surface area contributed by atoms with Crippen LogP contribution in [0.1, 0.15) is 41.6 Å². The van der Waals surface area contributed by atoms with Crippen molar-refractivity contribution in [3.05, 3.63) is 41.6 Å². The van der Waals surface area contributed by atoms with Gasteiger partial charge in [-0.2, -0.15) is 4.98 Å². The van der Waals surface area contributed by atoms with Crippen molar-refractivity contribution in [1.29, 1.82) is 0 Å². The Kier molecular flexibility index (Phi) is 6.03. The molecular formula is C22H29N7O2. The van der Waals surface area contributed by atoms with Crippen molar-refractivity contribution in [2.24, 2.45) is 17.4 Å². The molecule has 9 heteroatoms. The summed E-state index contributed by atoms with van der Waals surface area (Å²) in [6.07, 6.45) is 4.69. The molecule has 1 aliphatic carbocycles. The van der Waals surface area contributed by atoms with Gasteiger partial charge in [-0.1, -0.05) is 12.1 Å². The van der Waals surface area contributed by atoms with E-state index in [1.807, 2.05) is 36.1 Å². The van der Waals surface area contributed by atoms with Gasteiger partial charge in [0.05, 0.1) is 0 Å². The van der Waals surface area contributed by atoms with Crippen LogP contribution in [0, 0.1) is 12.8 Å². The molecule has 2 fully saturated rings. The summed E-state index contributed by atoms with van der Waals surface area (Å²) in [5.41, 5.74) is 14.0. The number of hydrogen-bond acceptors (Lipinski definition) is 7. The molecule has 0 spiro atoms. The van der Waals surface area contributed by atoms with Crippen molar-refractivity contribution in [2.75, 3.05) is 23.7 Å². The van der Waals surface area contributed by atoms with Gasteiger partial charge in [0, 0.05) is 43.0 Å². The van der Waals surface area contributed by atoms with E-state index in [-0.39, 0.29) is 29.5 Å². The summed E-state index contributed by atoms with van der Waals surface area (Å²) in [5.74, 6) is 0.319. The number of anilines is 3. The molecule has 1 saturated carbocycles. The highest BCUT2D eigenvalue weighted by atomic mass is 16.2. The molecular weight excluding hydrogens is 394 g/mol. The molecule has 0 unspecified atom stereocenters. The molecule has 1 aromatic heterocycles. The van der Waals surface area contributed by atoms with Crippen molar-refractivity contribution in [3.8, 4) is 0 Å². The Labute approximate surface area is 181 Å². The molecule has 1 aliphatic heterocycles. The number of rotatable bonds is 6. The molecule has 31 heavy (non-hydrogen) atoms. The molecule has 1 saturated heterocycles. The number of benzene rings is 1. The lowest BCUT2D eigenvalue weighted by Crippen LogP contribution is -2.51. The van der Waals surface area contributed by atoms with Crippen molar-refractivity contribution < 1.29 is 9.59 Å². The SMILES string of the molecule is Cc1cccc(Nc2nc(N[C@H]3CC[C@H](C(=O)N4CCC4)C[C@@H]3N)ncc2C(N)=O)c1. The minimum absolute atomic E-state index is 0.00921. The van der Waals surface area contributed by atoms with Gasteiger partial charge in [0.2, 0.25) is 11.9 Å². The molecule has 2 aliphatic rings. The van der Waals surface area contributed by atoms with Crippen molar-refractivity contribution in [1.82, 2.24) is 14.9 Å². The largest absolute Gasteiger partial charge is 0.365 e. The highest BCUT2D eigenvalue weighted by molar-refractivity contribution is 5.98. The second-order valence-corrected chi connectivity index (χ2v) is 8.42. The van der Waals surface area contributed by atoms with Crippen LogP contribution in [-0.2, 0) is 4.79 Å². The number of hydrogen-bond donors (Lipinski definition) is 4. The van der Waals surface area contributed by atoms with Gasteiger partial charge in [0.15, 0.2) is 0 Å². The zero-order chi connectivity index (χ0) is 22.0. The second-order valence-electron chi connectivity index (χ2n) is 8.42. The molecule has 3 atom stereocenters. The Balaban J connectivity index is 1.46. The van der Waals surface area contributed by atoms with Crippen LogP contribution < -0.4 is 22.1 Å². The molecule has 164 valence electrons. The maximum atomic E-state index is 12.5. The number of aromatic nitrogens is 2. The zero-order valence-corrected chi connectivity index (χ0v) is 17.7. The molecule has 2 heterocycles. The molecule has 2 aromatic rings. The van der Waals surface area contributed by atoms with Crippen LogP contribution in [-0.4, -0.2) is 51.9 Å². The second kappa shape index (κ2) is 8.89. The summed E-state index contributed by atoms with van der Waals surface area (Å²) < 4.78 is 0. The number of nitrogens with zero attached hydrogens (tertiary/aromatic N) is 3. The minimum atomic E-state index is -0.608. The maximum absolute atomic E-state index is 12.5. The average molecular weight is 424 g/mol. The molecule has 0 bridgehead atoms. The molecule has 1 aromatic carbocycles. The van der Waals surface area contributed by atoms with Crippen molar-refractivity contribution in [2.45, 2.75) is 44.7 Å². The third-order valence-electron chi connectivity index (χ3n) is 6.07. The predicted octanol–water partition coefficient (Wildman–Crippen LogP) is 1.77. The monoisotopic (exact) mass is 423 g/mol. The summed E-state index contributed by atoms with van der Waals surface area (Å²) >= 11 is 0. The summed E-state index contributed by atoms with van der Waals surface area (Å²) in [7, 11) is 0. The molecule has 9 nitrogen and oxygen atoms in total. The Morgan fingerprint density at radius 3 is 2.68 bits per heavy atom. The lowest BCUT2D eigenvalue weighted by Gasteiger charge is -2.39. The van der Waals surface area contributed by atoms with Gasteiger partial charge >= 0.3 is 0 Å². The standard InChI is InChI=1S/C22H29N7O2/c1-13-4-2-5-15(10-13)26-20-16(19(24)30)12-25-22(28-20)27-18-7-6-14(11-17(18)23)21(31)29-8-3-9-29/h2,4-5,10,12,14,17-18H,3,6-9,11,23H2,1H3,(H2,24,30)(H2,25,26,27,28)/t14-,17-,18-/m0/s1. The Bertz CT molecular complexity index is 976. The van der Waals surface area contributed by atoms with Gasteiger partial charge < -0.3 is 27.0 Å². The van der Waals surface area contributed by atoms with E-state index in [1.165, 1.54) is 6.20 Å².